The fourth-order valence-corrected chi connectivity index (χ4v) is 1.70. The fraction of sp³-hybridized carbons (Fsp3) is 0.231. The Balaban J connectivity index is 2.27. The Kier molecular flexibility index (Phi) is 4.09. The molecule has 0 unspecified atom stereocenters. The maximum absolute atomic E-state index is 13.5. The SMILES string of the molecule is COc1ccc(=O)n(C[C@@H](O)c2ccc(F)cc2F)n1. The van der Waals surface area contributed by atoms with E-state index in [1.165, 1.54) is 19.2 Å². The average molecular weight is 282 g/mol. The van der Waals surface area contributed by atoms with Crippen molar-refractivity contribution < 1.29 is 18.6 Å². The van der Waals surface area contributed by atoms with Crippen LogP contribution in [0.25, 0.3) is 0 Å². The molecule has 1 aromatic carbocycles. The molecule has 2 rings (SSSR count). The van der Waals surface area contributed by atoms with E-state index in [1.54, 1.807) is 0 Å². The van der Waals surface area contributed by atoms with E-state index in [-0.39, 0.29) is 18.0 Å². The summed E-state index contributed by atoms with van der Waals surface area (Å²) in [4.78, 5) is 11.6. The molecule has 0 amide bonds. The maximum atomic E-state index is 13.5. The monoisotopic (exact) mass is 282 g/mol. The molecule has 106 valence electrons. The van der Waals surface area contributed by atoms with Gasteiger partial charge in [0.15, 0.2) is 0 Å². The predicted molar refractivity (Wildman–Crippen MR) is 66.4 cm³/mol. The molecule has 0 aliphatic rings. The Morgan fingerprint density at radius 2 is 2.10 bits per heavy atom. The van der Waals surface area contributed by atoms with Crippen LogP contribution in [0.1, 0.15) is 11.7 Å². The van der Waals surface area contributed by atoms with E-state index >= 15 is 0 Å². The van der Waals surface area contributed by atoms with Gasteiger partial charge in [-0.15, -0.1) is 5.10 Å². The van der Waals surface area contributed by atoms with E-state index in [4.69, 9.17) is 4.74 Å². The minimum atomic E-state index is -1.33. The number of rotatable bonds is 4. The second-order valence-electron chi connectivity index (χ2n) is 4.08. The van der Waals surface area contributed by atoms with Crippen molar-refractivity contribution in [2.24, 2.45) is 0 Å². The first-order chi connectivity index (χ1) is 9.51. The van der Waals surface area contributed by atoms with Gasteiger partial charge in [0, 0.05) is 23.8 Å². The number of hydrogen-bond acceptors (Lipinski definition) is 4. The lowest BCUT2D eigenvalue weighted by atomic mass is 10.1. The van der Waals surface area contributed by atoms with E-state index < -0.39 is 23.3 Å². The third kappa shape index (κ3) is 3.00. The van der Waals surface area contributed by atoms with Crippen molar-refractivity contribution in [1.82, 2.24) is 9.78 Å². The summed E-state index contributed by atoms with van der Waals surface area (Å²) in [6.07, 6.45) is -1.33. The van der Waals surface area contributed by atoms with Crippen molar-refractivity contribution >= 4 is 0 Å². The second-order valence-corrected chi connectivity index (χ2v) is 4.08. The second kappa shape index (κ2) is 5.79. The van der Waals surface area contributed by atoms with Gasteiger partial charge in [-0.3, -0.25) is 4.79 Å². The van der Waals surface area contributed by atoms with Crippen molar-refractivity contribution in [3.63, 3.8) is 0 Å². The minimum Gasteiger partial charge on any atom is -0.480 e. The highest BCUT2D eigenvalue weighted by Gasteiger charge is 2.15. The average Bonchev–Trinajstić information content (AvgIpc) is 2.41. The molecule has 7 heteroatoms. The maximum Gasteiger partial charge on any atom is 0.267 e. The van der Waals surface area contributed by atoms with Crippen molar-refractivity contribution in [2.45, 2.75) is 12.6 Å². The van der Waals surface area contributed by atoms with Gasteiger partial charge in [-0.1, -0.05) is 6.07 Å². The Labute approximate surface area is 113 Å². The predicted octanol–water partition coefficient (Wildman–Crippen LogP) is 1.26. The van der Waals surface area contributed by atoms with E-state index in [2.05, 4.69) is 5.10 Å². The minimum absolute atomic E-state index is 0.108. The molecule has 1 heterocycles. The number of aromatic nitrogens is 2. The highest BCUT2D eigenvalue weighted by Crippen LogP contribution is 2.19. The molecule has 20 heavy (non-hydrogen) atoms. The van der Waals surface area contributed by atoms with Crippen LogP contribution in [0.2, 0.25) is 0 Å². The number of methoxy groups -OCH3 is 1. The van der Waals surface area contributed by atoms with Crippen molar-refractivity contribution in [1.29, 1.82) is 0 Å². The molecule has 0 saturated carbocycles. The molecular formula is C13H12F2N2O3. The highest BCUT2D eigenvalue weighted by atomic mass is 19.1. The lowest BCUT2D eigenvalue weighted by molar-refractivity contribution is 0.143. The lowest BCUT2D eigenvalue weighted by Gasteiger charge is -2.13. The van der Waals surface area contributed by atoms with Crippen molar-refractivity contribution in [2.75, 3.05) is 7.11 Å². The van der Waals surface area contributed by atoms with Crippen LogP contribution >= 0.6 is 0 Å². The van der Waals surface area contributed by atoms with Gasteiger partial charge in [-0.05, 0) is 6.07 Å². The summed E-state index contributed by atoms with van der Waals surface area (Å²) >= 11 is 0. The van der Waals surface area contributed by atoms with Crippen LogP contribution in [-0.2, 0) is 6.54 Å². The molecule has 1 N–H and O–H groups in total. The first-order valence-electron chi connectivity index (χ1n) is 5.76. The van der Waals surface area contributed by atoms with Gasteiger partial charge in [-0.25, -0.2) is 13.5 Å². The van der Waals surface area contributed by atoms with Gasteiger partial charge in [-0.2, -0.15) is 0 Å². The summed E-state index contributed by atoms with van der Waals surface area (Å²) < 4.78 is 32.1. The molecule has 0 aliphatic heterocycles. The quantitative estimate of drug-likeness (QED) is 0.917. The Bertz CT molecular complexity index is 673. The summed E-state index contributed by atoms with van der Waals surface area (Å²) in [5, 5.41) is 13.8. The van der Waals surface area contributed by atoms with Gasteiger partial charge >= 0.3 is 0 Å². The number of nitrogens with zero attached hydrogens (tertiary/aromatic N) is 2. The van der Waals surface area contributed by atoms with E-state index in [0.717, 1.165) is 16.8 Å². The molecule has 0 saturated heterocycles. The molecule has 0 fully saturated rings. The number of halogens is 2. The Morgan fingerprint density at radius 3 is 2.75 bits per heavy atom. The fourth-order valence-electron chi connectivity index (χ4n) is 1.70. The molecule has 0 radical (unpaired) electrons. The van der Waals surface area contributed by atoms with Gasteiger partial charge in [0.2, 0.25) is 5.88 Å². The van der Waals surface area contributed by atoms with Crippen molar-refractivity contribution in [3.8, 4) is 5.88 Å². The van der Waals surface area contributed by atoms with Crippen LogP contribution in [0.15, 0.2) is 35.1 Å². The van der Waals surface area contributed by atoms with Gasteiger partial charge in [0.05, 0.1) is 13.7 Å². The number of ether oxygens (including phenoxy) is 1. The van der Waals surface area contributed by atoms with E-state index in [9.17, 15) is 18.7 Å². The van der Waals surface area contributed by atoms with Gasteiger partial charge in [0.25, 0.3) is 5.56 Å². The molecule has 5 nitrogen and oxygen atoms in total. The zero-order valence-electron chi connectivity index (χ0n) is 10.6. The van der Waals surface area contributed by atoms with Crippen LogP contribution in [0.4, 0.5) is 8.78 Å². The molecule has 0 bridgehead atoms. The van der Waals surface area contributed by atoms with Crippen LogP contribution < -0.4 is 10.3 Å². The van der Waals surface area contributed by atoms with E-state index in [0.29, 0.717) is 6.07 Å². The number of hydrogen-bond donors (Lipinski definition) is 1. The summed E-state index contributed by atoms with van der Waals surface area (Å²) in [5.41, 5.74) is -0.574. The zero-order chi connectivity index (χ0) is 14.7. The number of aliphatic hydroxyl groups is 1. The zero-order valence-corrected chi connectivity index (χ0v) is 10.6. The van der Waals surface area contributed by atoms with Gasteiger partial charge < -0.3 is 9.84 Å². The van der Waals surface area contributed by atoms with Crippen molar-refractivity contribution in [3.05, 3.63) is 57.9 Å². The largest absolute Gasteiger partial charge is 0.480 e. The third-order valence-electron chi connectivity index (χ3n) is 2.72. The van der Waals surface area contributed by atoms with Gasteiger partial charge in [0.1, 0.15) is 17.7 Å². The Morgan fingerprint density at radius 1 is 1.35 bits per heavy atom. The van der Waals surface area contributed by atoms with E-state index in [1.807, 2.05) is 0 Å². The summed E-state index contributed by atoms with van der Waals surface area (Å²) in [5.74, 6) is -1.43. The summed E-state index contributed by atoms with van der Waals surface area (Å²) in [6.45, 7) is -0.265. The number of benzene rings is 1. The molecule has 0 spiro atoms. The van der Waals surface area contributed by atoms with Crippen LogP contribution in [0.5, 0.6) is 5.88 Å². The highest BCUT2D eigenvalue weighted by molar-refractivity contribution is 5.20. The van der Waals surface area contributed by atoms with Crippen LogP contribution in [0.3, 0.4) is 0 Å². The number of aliphatic hydroxyl groups excluding tert-OH is 1. The summed E-state index contributed by atoms with van der Waals surface area (Å²) in [7, 11) is 1.38. The third-order valence-corrected chi connectivity index (χ3v) is 2.72. The normalized spacial score (nSPS) is 12.2. The van der Waals surface area contributed by atoms with Crippen LogP contribution in [0, 0.1) is 11.6 Å². The Hall–Kier alpha value is -2.28. The molecule has 1 aromatic heterocycles. The molecule has 2 aromatic rings. The van der Waals surface area contributed by atoms with Crippen LogP contribution in [-0.4, -0.2) is 22.0 Å². The lowest BCUT2D eigenvalue weighted by Crippen LogP contribution is -2.25. The topological polar surface area (TPSA) is 64.3 Å². The standard InChI is InChI=1S/C13H12F2N2O3/c1-20-12-4-5-13(19)17(16-12)7-11(18)9-3-2-8(14)6-10(9)15/h2-6,11,18H,7H2,1H3/t11-/m1/s1. The molecule has 1 atom stereocenters. The first kappa shape index (κ1) is 14.1. The molecule has 0 aliphatic carbocycles. The molecular weight excluding hydrogens is 270 g/mol. The smallest absolute Gasteiger partial charge is 0.267 e. The first-order valence-corrected chi connectivity index (χ1v) is 5.76. The summed E-state index contributed by atoms with van der Waals surface area (Å²) in [6, 6.07) is 5.42.